The van der Waals surface area contributed by atoms with Gasteiger partial charge in [0.25, 0.3) is 0 Å². The lowest BCUT2D eigenvalue weighted by Gasteiger charge is -2.20. The largest absolute Gasteiger partial charge is 0.495 e. The normalized spacial score (nSPS) is 12.3. The van der Waals surface area contributed by atoms with Crippen LogP contribution in [0.4, 0.5) is 0 Å². The van der Waals surface area contributed by atoms with Crippen molar-refractivity contribution >= 4 is 11.3 Å². The van der Waals surface area contributed by atoms with Crippen LogP contribution < -0.4 is 10.1 Å². The third kappa shape index (κ3) is 4.29. The van der Waals surface area contributed by atoms with E-state index in [4.69, 9.17) is 4.74 Å². The lowest BCUT2D eigenvalue weighted by Crippen LogP contribution is -2.24. The molecule has 2 aromatic heterocycles. The smallest absolute Gasteiger partial charge is 0.141 e. The summed E-state index contributed by atoms with van der Waals surface area (Å²) in [5, 5.41) is 3.64. The van der Waals surface area contributed by atoms with E-state index < -0.39 is 0 Å². The van der Waals surface area contributed by atoms with Crippen molar-refractivity contribution in [1.29, 1.82) is 0 Å². The van der Waals surface area contributed by atoms with Crippen molar-refractivity contribution in [3.8, 4) is 5.75 Å². The zero-order valence-electron chi connectivity index (χ0n) is 13.1. The summed E-state index contributed by atoms with van der Waals surface area (Å²) in [5.74, 6) is 0.860. The molecule has 1 N–H and O–H groups in total. The molecule has 3 nitrogen and oxygen atoms in total. The van der Waals surface area contributed by atoms with Crippen LogP contribution in [0.5, 0.6) is 5.75 Å². The molecule has 4 heteroatoms. The van der Waals surface area contributed by atoms with Crippen molar-refractivity contribution in [2.24, 2.45) is 0 Å². The lowest BCUT2D eigenvalue weighted by molar-refractivity contribution is 0.396. The van der Waals surface area contributed by atoms with Crippen molar-refractivity contribution in [1.82, 2.24) is 10.3 Å². The van der Waals surface area contributed by atoms with Crippen molar-refractivity contribution in [2.45, 2.75) is 39.2 Å². The first-order chi connectivity index (χ1) is 10.3. The molecule has 0 aliphatic carbocycles. The molecule has 0 amide bonds. The number of aryl methyl sites for hydroxylation is 1. The van der Waals surface area contributed by atoms with Crippen molar-refractivity contribution in [2.75, 3.05) is 13.7 Å². The molecule has 0 aliphatic heterocycles. The molecule has 0 aliphatic rings. The maximum absolute atomic E-state index is 5.47. The second kappa shape index (κ2) is 8.15. The van der Waals surface area contributed by atoms with E-state index in [1.807, 2.05) is 17.5 Å². The zero-order valence-corrected chi connectivity index (χ0v) is 13.9. The topological polar surface area (TPSA) is 34.2 Å². The highest BCUT2D eigenvalue weighted by Crippen LogP contribution is 2.29. The van der Waals surface area contributed by atoms with Gasteiger partial charge in [0.15, 0.2) is 0 Å². The standard InChI is InChI=1S/C17H24N2OS/c1-4-9-19-16(11-14-7-6-13(5-2)21-14)15-8-10-18-12-17(15)20-3/h6-8,10,12,16,19H,4-5,9,11H2,1-3H3. The predicted octanol–water partition coefficient (Wildman–Crippen LogP) is 4.00. The van der Waals surface area contributed by atoms with Gasteiger partial charge in [-0.2, -0.15) is 0 Å². The number of pyridine rings is 1. The van der Waals surface area contributed by atoms with E-state index in [1.165, 1.54) is 15.3 Å². The highest BCUT2D eigenvalue weighted by atomic mass is 32.1. The Morgan fingerprint density at radius 1 is 1.24 bits per heavy atom. The van der Waals surface area contributed by atoms with Gasteiger partial charge in [0, 0.05) is 34.0 Å². The third-order valence-corrected chi connectivity index (χ3v) is 4.78. The summed E-state index contributed by atoms with van der Waals surface area (Å²) in [4.78, 5) is 7.01. The molecule has 2 rings (SSSR count). The van der Waals surface area contributed by atoms with Crippen LogP contribution >= 0.6 is 11.3 Å². The number of nitrogens with one attached hydrogen (secondary N) is 1. The molecule has 0 radical (unpaired) electrons. The SMILES string of the molecule is CCCNC(Cc1ccc(CC)s1)c1ccncc1OC. The Morgan fingerprint density at radius 3 is 2.71 bits per heavy atom. The number of thiophene rings is 1. The molecule has 0 saturated heterocycles. The van der Waals surface area contributed by atoms with E-state index >= 15 is 0 Å². The molecule has 114 valence electrons. The summed E-state index contributed by atoms with van der Waals surface area (Å²) in [6.07, 6.45) is 6.85. The molecule has 1 atom stereocenters. The van der Waals surface area contributed by atoms with Gasteiger partial charge in [-0.15, -0.1) is 11.3 Å². The van der Waals surface area contributed by atoms with Gasteiger partial charge in [0.1, 0.15) is 5.75 Å². The highest BCUT2D eigenvalue weighted by Gasteiger charge is 2.17. The van der Waals surface area contributed by atoms with Gasteiger partial charge in [-0.3, -0.25) is 4.98 Å². The minimum absolute atomic E-state index is 0.270. The van der Waals surface area contributed by atoms with Crippen LogP contribution in [0.15, 0.2) is 30.6 Å². The number of hydrogen-bond donors (Lipinski definition) is 1. The molecule has 1 unspecified atom stereocenters. The zero-order chi connectivity index (χ0) is 15.1. The number of methoxy groups -OCH3 is 1. The molecule has 0 spiro atoms. The molecular formula is C17H24N2OS. The number of rotatable bonds is 8. The van der Waals surface area contributed by atoms with Gasteiger partial charge >= 0.3 is 0 Å². The maximum Gasteiger partial charge on any atom is 0.141 e. The van der Waals surface area contributed by atoms with Gasteiger partial charge in [-0.1, -0.05) is 13.8 Å². The van der Waals surface area contributed by atoms with E-state index in [2.05, 4.69) is 42.3 Å². The van der Waals surface area contributed by atoms with E-state index in [1.54, 1.807) is 13.3 Å². The van der Waals surface area contributed by atoms with Gasteiger partial charge in [-0.25, -0.2) is 0 Å². The van der Waals surface area contributed by atoms with Crippen LogP contribution in [0.1, 0.15) is 41.6 Å². The molecule has 21 heavy (non-hydrogen) atoms. The van der Waals surface area contributed by atoms with E-state index in [9.17, 15) is 0 Å². The Hall–Kier alpha value is -1.39. The van der Waals surface area contributed by atoms with Crippen LogP contribution in [0, 0.1) is 0 Å². The van der Waals surface area contributed by atoms with Crippen molar-refractivity contribution in [3.05, 3.63) is 45.9 Å². The average molecular weight is 304 g/mol. The summed E-state index contributed by atoms with van der Waals surface area (Å²) in [6, 6.07) is 6.81. The summed E-state index contributed by atoms with van der Waals surface area (Å²) < 4.78 is 5.47. The molecule has 0 bridgehead atoms. The molecule has 0 fully saturated rings. The quantitative estimate of drug-likeness (QED) is 0.800. The van der Waals surface area contributed by atoms with Crippen LogP contribution in [-0.2, 0) is 12.8 Å². The summed E-state index contributed by atoms with van der Waals surface area (Å²) in [6.45, 7) is 5.39. The van der Waals surface area contributed by atoms with E-state index in [0.29, 0.717) is 0 Å². The number of ether oxygens (including phenoxy) is 1. The molecule has 0 aromatic carbocycles. The van der Waals surface area contributed by atoms with Crippen LogP contribution in [0.3, 0.4) is 0 Å². The monoisotopic (exact) mass is 304 g/mol. The van der Waals surface area contributed by atoms with Crippen molar-refractivity contribution in [3.63, 3.8) is 0 Å². The van der Waals surface area contributed by atoms with Gasteiger partial charge in [-0.05, 0) is 37.6 Å². The van der Waals surface area contributed by atoms with Crippen molar-refractivity contribution < 1.29 is 4.74 Å². The summed E-state index contributed by atoms with van der Waals surface area (Å²) in [5.41, 5.74) is 1.19. The van der Waals surface area contributed by atoms with E-state index in [0.717, 1.165) is 31.6 Å². The predicted molar refractivity (Wildman–Crippen MR) is 89.2 cm³/mol. The Bertz CT molecular complexity index is 553. The van der Waals surface area contributed by atoms with Gasteiger partial charge in [0.05, 0.1) is 13.3 Å². The minimum Gasteiger partial charge on any atom is -0.495 e. The second-order valence-electron chi connectivity index (χ2n) is 5.05. The number of aromatic nitrogens is 1. The van der Waals surface area contributed by atoms with Crippen LogP contribution in [0.2, 0.25) is 0 Å². The first-order valence-corrected chi connectivity index (χ1v) is 8.39. The third-order valence-electron chi connectivity index (χ3n) is 3.52. The summed E-state index contributed by atoms with van der Waals surface area (Å²) >= 11 is 1.91. The van der Waals surface area contributed by atoms with Crippen LogP contribution in [0.25, 0.3) is 0 Å². The fourth-order valence-electron chi connectivity index (χ4n) is 2.38. The molecule has 0 saturated carbocycles. The second-order valence-corrected chi connectivity index (χ2v) is 6.30. The fourth-order valence-corrected chi connectivity index (χ4v) is 3.39. The molecular weight excluding hydrogens is 280 g/mol. The fraction of sp³-hybridized carbons (Fsp3) is 0.471. The number of hydrogen-bond acceptors (Lipinski definition) is 4. The highest BCUT2D eigenvalue weighted by molar-refractivity contribution is 7.11. The first-order valence-electron chi connectivity index (χ1n) is 7.57. The van der Waals surface area contributed by atoms with Crippen LogP contribution in [-0.4, -0.2) is 18.6 Å². The molecule has 2 heterocycles. The van der Waals surface area contributed by atoms with Gasteiger partial charge in [0.2, 0.25) is 0 Å². The maximum atomic E-state index is 5.47. The summed E-state index contributed by atoms with van der Waals surface area (Å²) in [7, 11) is 1.71. The lowest BCUT2D eigenvalue weighted by atomic mass is 10.0. The molecule has 2 aromatic rings. The van der Waals surface area contributed by atoms with Gasteiger partial charge < -0.3 is 10.1 Å². The average Bonchev–Trinajstić information content (AvgIpc) is 2.99. The Balaban J connectivity index is 2.20. The minimum atomic E-state index is 0.270. The Labute approximate surface area is 131 Å². The number of nitrogens with zero attached hydrogens (tertiary/aromatic N) is 1. The Kier molecular flexibility index (Phi) is 6.21. The Morgan fingerprint density at radius 2 is 2.05 bits per heavy atom. The first kappa shape index (κ1) is 16.0. The van der Waals surface area contributed by atoms with E-state index in [-0.39, 0.29) is 6.04 Å².